The molecule has 4 rings (SSSR count). The molecule has 0 N–H and O–H groups in total. The fourth-order valence-corrected chi connectivity index (χ4v) is 4.57. The topological polar surface area (TPSA) is 64.0 Å². The summed E-state index contributed by atoms with van der Waals surface area (Å²) >= 11 is 0. The number of hydrogen-bond acceptors (Lipinski definition) is 4. The average Bonchev–Trinajstić information content (AvgIpc) is 3.35. The lowest BCUT2D eigenvalue weighted by molar-refractivity contribution is -0.135. The zero-order valence-electron chi connectivity index (χ0n) is 20.1. The van der Waals surface area contributed by atoms with Crippen molar-refractivity contribution in [3.8, 4) is 11.5 Å². The van der Waals surface area contributed by atoms with Crippen molar-refractivity contribution >= 4 is 11.8 Å². The number of para-hydroxylation sites is 2. The van der Waals surface area contributed by atoms with E-state index in [1.807, 2.05) is 67.4 Å². The molecule has 178 valence electrons. The summed E-state index contributed by atoms with van der Waals surface area (Å²) in [5.74, 6) is 0.884. The maximum Gasteiger partial charge on any atom is 0.258 e. The molecular weight excluding hydrogens is 430 g/mol. The number of rotatable bonds is 7. The lowest BCUT2D eigenvalue weighted by Gasteiger charge is -2.39. The number of fused-ring (bicyclic) bond motifs is 1. The molecule has 0 bridgehead atoms. The van der Waals surface area contributed by atoms with Crippen LogP contribution in [0, 0.1) is 0 Å². The van der Waals surface area contributed by atoms with E-state index in [4.69, 9.17) is 9.47 Å². The van der Waals surface area contributed by atoms with Crippen LogP contribution >= 0.6 is 0 Å². The third-order valence-electron chi connectivity index (χ3n) is 6.32. The highest BCUT2D eigenvalue weighted by Crippen LogP contribution is 2.37. The van der Waals surface area contributed by atoms with Crippen molar-refractivity contribution in [2.24, 2.45) is 0 Å². The molecule has 0 fully saturated rings. The van der Waals surface area contributed by atoms with Crippen molar-refractivity contribution in [1.82, 2.24) is 14.4 Å². The molecule has 3 aromatic rings. The number of methoxy groups -OCH3 is 2. The minimum atomic E-state index is -0.303. The van der Waals surface area contributed by atoms with E-state index in [1.165, 1.54) is 7.11 Å². The lowest BCUT2D eigenvalue weighted by atomic mass is 9.98. The monoisotopic (exact) mass is 461 g/mol. The average molecular weight is 462 g/mol. The van der Waals surface area contributed by atoms with E-state index in [-0.39, 0.29) is 30.4 Å². The number of carbonyl (C=O) groups is 2. The van der Waals surface area contributed by atoms with E-state index < -0.39 is 0 Å². The highest BCUT2D eigenvalue weighted by Gasteiger charge is 2.35. The van der Waals surface area contributed by atoms with E-state index in [1.54, 1.807) is 30.2 Å². The van der Waals surface area contributed by atoms with Gasteiger partial charge in [0, 0.05) is 36.6 Å². The molecule has 0 aliphatic carbocycles. The van der Waals surface area contributed by atoms with Crippen LogP contribution in [0.2, 0.25) is 0 Å². The zero-order chi connectivity index (χ0) is 24.2. The van der Waals surface area contributed by atoms with Gasteiger partial charge in [-0.3, -0.25) is 9.59 Å². The van der Waals surface area contributed by atoms with E-state index >= 15 is 0 Å². The van der Waals surface area contributed by atoms with Crippen LogP contribution < -0.4 is 9.47 Å². The molecule has 34 heavy (non-hydrogen) atoms. The molecule has 2 amide bonds. The van der Waals surface area contributed by atoms with Gasteiger partial charge in [0.25, 0.3) is 5.91 Å². The number of benzene rings is 2. The van der Waals surface area contributed by atoms with Crippen LogP contribution in [0.4, 0.5) is 0 Å². The van der Waals surface area contributed by atoms with Gasteiger partial charge >= 0.3 is 0 Å². The summed E-state index contributed by atoms with van der Waals surface area (Å²) in [5, 5.41) is 0. The largest absolute Gasteiger partial charge is 0.496 e. The van der Waals surface area contributed by atoms with Crippen LogP contribution in [-0.2, 0) is 11.3 Å². The van der Waals surface area contributed by atoms with Gasteiger partial charge in [-0.15, -0.1) is 0 Å². The highest BCUT2D eigenvalue weighted by atomic mass is 16.5. The molecule has 1 aliphatic rings. The summed E-state index contributed by atoms with van der Waals surface area (Å²) in [6.07, 6.45) is 2.03. The van der Waals surface area contributed by atoms with Gasteiger partial charge in [-0.25, -0.2) is 0 Å². The van der Waals surface area contributed by atoms with Gasteiger partial charge in [-0.05, 0) is 44.2 Å². The molecule has 1 aromatic heterocycles. The molecule has 0 saturated heterocycles. The van der Waals surface area contributed by atoms with Crippen LogP contribution in [0.5, 0.6) is 11.5 Å². The maximum absolute atomic E-state index is 13.8. The van der Waals surface area contributed by atoms with Gasteiger partial charge in [0.05, 0.1) is 19.8 Å². The Morgan fingerprint density at radius 1 is 0.941 bits per heavy atom. The molecule has 7 heteroatoms. The number of hydrogen-bond donors (Lipinski definition) is 0. The van der Waals surface area contributed by atoms with Crippen LogP contribution in [-0.4, -0.2) is 59.5 Å². The molecule has 0 radical (unpaired) electrons. The van der Waals surface area contributed by atoms with Crippen LogP contribution in [0.1, 0.15) is 41.5 Å². The number of carbonyl (C=O) groups excluding carboxylic acids is 2. The molecule has 1 atom stereocenters. The summed E-state index contributed by atoms with van der Waals surface area (Å²) in [6.45, 7) is 5.04. The highest BCUT2D eigenvalue weighted by molar-refractivity contribution is 5.99. The molecule has 2 aromatic carbocycles. The number of amides is 2. The van der Waals surface area contributed by atoms with Gasteiger partial charge in [0.15, 0.2) is 0 Å². The minimum absolute atomic E-state index is 0.0269. The first kappa shape index (κ1) is 23.4. The molecular formula is C27H31N3O4. The van der Waals surface area contributed by atoms with Crippen LogP contribution in [0.25, 0.3) is 0 Å². The second-order valence-electron chi connectivity index (χ2n) is 8.59. The van der Waals surface area contributed by atoms with E-state index in [0.717, 1.165) is 17.0 Å². The Labute approximate surface area is 200 Å². The Morgan fingerprint density at radius 2 is 1.62 bits per heavy atom. The van der Waals surface area contributed by atoms with Gasteiger partial charge in [-0.1, -0.05) is 30.3 Å². The van der Waals surface area contributed by atoms with Crippen LogP contribution in [0.3, 0.4) is 0 Å². The summed E-state index contributed by atoms with van der Waals surface area (Å²) in [4.78, 5) is 30.7. The van der Waals surface area contributed by atoms with E-state index in [0.29, 0.717) is 24.4 Å². The summed E-state index contributed by atoms with van der Waals surface area (Å²) in [6, 6.07) is 18.4. The van der Waals surface area contributed by atoms with Crippen molar-refractivity contribution in [3.63, 3.8) is 0 Å². The normalized spacial score (nSPS) is 15.1. The smallest absolute Gasteiger partial charge is 0.258 e. The fraction of sp³-hybridized carbons (Fsp3) is 0.333. The van der Waals surface area contributed by atoms with Gasteiger partial charge in [0.1, 0.15) is 24.1 Å². The SMILES string of the molecule is COc1ccccc1C(=O)N(CC(=O)N1CCn2cccc2C1c1ccccc1OC)C(C)C. The molecule has 0 saturated carbocycles. The molecule has 2 heterocycles. The summed E-state index contributed by atoms with van der Waals surface area (Å²) < 4.78 is 13.2. The first-order valence-electron chi connectivity index (χ1n) is 11.5. The van der Waals surface area contributed by atoms with E-state index in [9.17, 15) is 9.59 Å². The third kappa shape index (κ3) is 4.38. The van der Waals surface area contributed by atoms with E-state index in [2.05, 4.69) is 4.57 Å². The van der Waals surface area contributed by atoms with Crippen molar-refractivity contribution in [3.05, 3.63) is 83.7 Å². The third-order valence-corrected chi connectivity index (χ3v) is 6.32. The van der Waals surface area contributed by atoms with Gasteiger partial charge in [-0.2, -0.15) is 0 Å². The Balaban J connectivity index is 1.67. The fourth-order valence-electron chi connectivity index (χ4n) is 4.57. The Kier molecular flexibility index (Phi) is 6.91. The number of ether oxygens (including phenoxy) is 2. The summed E-state index contributed by atoms with van der Waals surface area (Å²) in [5.41, 5.74) is 2.39. The van der Waals surface area contributed by atoms with Crippen LogP contribution in [0.15, 0.2) is 66.9 Å². The number of nitrogens with zero attached hydrogens (tertiary/aromatic N) is 3. The summed E-state index contributed by atoms with van der Waals surface area (Å²) in [7, 11) is 3.18. The maximum atomic E-state index is 13.8. The van der Waals surface area contributed by atoms with Crippen molar-refractivity contribution in [2.75, 3.05) is 27.3 Å². The molecule has 0 spiro atoms. The van der Waals surface area contributed by atoms with Gasteiger partial charge in [0.2, 0.25) is 5.91 Å². The first-order chi connectivity index (χ1) is 16.5. The lowest BCUT2D eigenvalue weighted by Crippen LogP contribution is -2.49. The Morgan fingerprint density at radius 3 is 2.32 bits per heavy atom. The molecule has 1 aliphatic heterocycles. The van der Waals surface area contributed by atoms with Gasteiger partial charge < -0.3 is 23.8 Å². The zero-order valence-corrected chi connectivity index (χ0v) is 20.1. The second-order valence-corrected chi connectivity index (χ2v) is 8.59. The quantitative estimate of drug-likeness (QED) is 0.534. The Hall–Kier alpha value is -3.74. The minimum Gasteiger partial charge on any atom is -0.496 e. The molecule has 7 nitrogen and oxygen atoms in total. The first-order valence-corrected chi connectivity index (χ1v) is 11.5. The van der Waals surface area contributed by atoms with Crippen molar-refractivity contribution in [1.29, 1.82) is 0 Å². The predicted molar refractivity (Wildman–Crippen MR) is 130 cm³/mol. The number of aromatic nitrogens is 1. The van der Waals surface area contributed by atoms with Crippen molar-refractivity contribution < 1.29 is 19.1 Å². The second kappa shape index (κ2) is 10.0. The standard InChI is InChI=1S/C27H31N3O4/c1-19(2)30(27(32)21-11-6-8-14-24(21)34-4)18-25(31)29-17-16-28-15-9-12-22(28)26(29)20-10-5-7-13-23(20)33-3/h5-15,19,26H,16-18H2,1-4H3. The van der Waals surface area contributed by atoms with Crippen molar-refractivity contribution in [2.45, 2.75) is 32.5 Å². The predicted octanol–water partition coefficient (Wildman–Crippen LogP) is 3.99. The Bertz CT molecular complexity index is 1170. The molecule has 1 unspecified atom stereocenters.